The van der Waals surface area contributed by atoms with Gasteiger partial charge in [-0.1, -0.05) is 38.2 Å². The van der Waals surface area contributed by atoms with E-state index in [1.54, 1.807) is 7.11 Å². The Morgan fingerprint density at radius 1 is 0.838 bits per heavy atom. The molecule has 196 valence electrons. The maximum Gasteiger partial charge on any atom is 0.163 e. The third-order valence-corrected chi connectivity index (χ3v) is 7.79. The van der Waals surface area contributed by atoms with Crippen LogP contribution in [0.3, 0.4) is 0 Å². The Kier molecular flexibility index (Phi) is 8.83. The highest BCUT2D eigenvalue weighted by Crippen LogP contribution is 2.38. The van der Waals surface area contributed by atoms with Crippen molar-refractivity contribution in [3.05, 3.63) is 72.6 Å². The van der Waals surface area contributed by atoms with Crippen LogP contribution in [0.2, 0.25) is 0 Å². The molecule has 2 saturated carbocycles. The highest BCUT2D eigenvalue weighted by Gasteiger charge is 2.20. The second-order valence-electron chi connectivity index (χ2n) is 10.4. The lowest BCUT2D eigenvalue weighted by atomic mass is 9.87. The zero-order valence-electron chi connectivity index (χ0n) is 22.1. The number of nitrogens with zero attached hydrogens (tertiary/aromatic N) is 2. The minimum atomic E-state index is 0.265. The van der Waals surface area contributed by atoms with Crippen LogP contribution in [0.15, 0.2) is 67.0 Å². The minimum Gasteiger partial charge on any atom is -0.494 e. The molecule has 0 amide bonds. The second kappa shape index (κ2) is 12.8. The summed E-state index contributed by atoms with van der Waals surface area (Å²) in [6.45, 7) is 1.49. The van der Waals surface area contributed by atoms with E-state index in [0.717, 1.165) is 66.0 Å². The predicted molar refractivity (Wildman–Crippen MR) is 149 cm³/mol. The highest BCUT2D eigenvalue weighted by molar-refractivity contribution is 5.67. The number of pyridine rings is 1. The van der Waals surface area contributed by atoms with Crippen molar-refractivity contribution < 1.29 is 14.2 Å². The summed E-state index contributed by atoms with van der Waals surface area (Å²) >= 11 is 0. The molecule has 2 fully saturated rings. The normalized spacial score (nSPS) is 16.5. The first kappa shape index (κ1) is 25.4. The summed E-state index contributed by atoms with van der Waals surface area (Å²) in [6.07, 6.45) is 16.7. The van der Waals surface area contributed by atoms with Gasteiger partial charge in [0.2, 0.25) is 0 Å². The SMILES string of the molecule is COc1ccc(N(Cc2cccnc2)c2ccc(OCCC3CCCCC3)cc2)cc1OC1CCCC1. The molecule has 0 radical (unpaired) electrons. The summed E-state index contributed by atoms with van der Waals surface area (Å²) < 4.78 is 18.2. The molecule has 2 aromatic carbocycles. The molecular formula is C32H40N2O3. The first-order valence-electron chi connectivity index (χ1n) is 14.0. The van der Waals surface area contributed by atoms with Crippen molar-refractivity contribution in [3.8, 4) is 17.2 Å². The lowest BCUT2D eigenvalue weighted by Gasteiger charge is -2.27. The van der Waals surface area contributed by atoms with Crippen molar-refractivity contribution in [1.82, 2.24) is 4.98 Å². The van der Waals surface area contributed by atoms with Crippen LogP contribution in [0, 0.1) is 5.92 Å². The Bertz CT molecular complexity index is 1090. The van der Waals surface area contributed by atoms with Gasteiger partial charge in [0.05, 0.1) is 19.8 Å². The van der Waals surface area contributed by atoms with Gasteiger partial charge in [0.15, 0.2) is 11.5 Å². The fourth-order valence-corrected chi connectivity index (χ4v) is 5.66. The smallest absolute Gasteiger partial charge is 0.163 e. The quantitative estimate of drug-likeness (QED) is 0.266. The summed E-state index contributed by atoms with van der Waals surface area (Å²) in [5.74, 6) is 3.35. The average molecular weight is 501 g/mol. The zero-order chi connectivity index (χ0) is 25.3. The van der Waals surface area contributed by atoms with Crippen LogP contribution in [0.4, 0.5) is 11.4 Å². The largest absolute Gasteiger partial charge is 0.494 e. The van der Waals surface area contributed by atoms with E-state index in [9.17, 15) is 0 Å². The van der Waals surface area contributed by atoms with Gasteiger partial charge in [0.1, 0.15) is 5.75 Å². The van der Waals surface area contributed by atoms with Crippen LogP contribution in [0.25, 0.3) is 0 Å². The van der Waals surface area contributed by atoms with Gasteiger partial charge in [-0.25, -0.2) is 0 Å². The van der Waals surface area contributed by atoms with E-state index >= 15 is 0 Å². The van der Waals surface area contributed by atoms with Gasteiger partial charge in [-0.2, -0.15) is 0 Å². The van der Waals surface area contributed by atoms with Gasteiger partial charge in [0.25, 0.3) is 0 Å². The Morgan fingerprint density at radius 3 is 2.32 bits per heavy atom. The Morgan fingerprint density at radius 2 is 1.59 bits per heavy atom. The van der Waals surface area contributed by atoms with Crippen molar-refractivity contribution in [3.63, 3.8) is 0 Å². The number of anilines is 2. The summed E-state index contributed by atoms with van der Waals surface area (Å²) in [4.78, 5) is 6.63. The van der Waals surface area contributed by atoms with Gasteiger partial charge in [0, 0.05) is 36.4 Å². The lowest BCUT2D eigenvalue weighted by molar-refractivity contribution is 0.201. The van der Waals surface area contributed by atoms with Crippen molar-refractivity contribution in [2.24, 2.45) is 5.92 Å². The number of rotatable bonds is 11. The molecule has 5 heteroatoms. The Hall–Kier alpha value is -3.21. The van der Waals surface area contributed by atoms with Crippen molar-refractivity contribution in [2.45, 2.75) is 76.9 Å². The van der Waals surface area contributed by atoms with E-state index in [4.69, 9.17) is 14.2 Å². The third-order valence-electron chi connectivity index (χ3n) is 7.79. The molecule has 37 heavy (non-hydrogen) atoms. The molecule has 1 aromatic heterocycles. The number of aromatic nitrogens is 1. The first-order valence-corrected chi connectivity index (χ1v) is 14.0. The molecular weight excluding hydrogens is 460 g/mol. The molecule has 2 aliphatic carbocycles. The van der Waals surface area contributed by atoms with Gasteiger partial charge in [-0.05, 0) is 86.1 Å². The summed E-state index contributed by atoms with van der Waals surface area (Å²) in [7, 11) is 1.71. The first-order chi connectivity index (χ1) is 18.3. The molecule has 0 saturated heterocycles. The fraction of sp³-hybridized carbons (Fsp3) is 0.469. The fourth-order valence-electron chi connectivity index (χ4n) is 5.66. The standard InChI is InChI=1S/C32H40N2O3/c1-35-31-18-15-28(22-32(31)37-30-11-5-6-12-30)34(24-26-10-7-20-33-23-26)27-13-16-29(17-14-27)36-21-19-25-8-3-2-4-9-25/h7,10,13-18,20,22-23,25,30H,2-6,8-9,11-12,19,21,24H2,1H3. The van der Waals surface area contributed by atoms with Crippen LogP contribution in [0.5, 0.6) is 17.2 Å². The van der Waals surface area contributed by atoms with Crippen molar-refractivity contribution >= 4 is 11.4 Å². The molecule has 5 nitrogen and oxygen atoms in total. The van der Waals surface area contributed by atoms with E-state index in [1.165, 1.54) is 44.9 Å². The Labute approximate surface area is 221 Å². The molecule has 0 atom stereocenters. The lowest BCUT2D eigenvalue weighted by Crippen LogP contribution is -2.17. The van der Waals surface area contributed by atoms with Gasteiger partial charge >= 0.3 is 0 Å². The zero-order valence-corrected chi connectivity index (χ0v) is 22.1. The predicted octanol–water partition coefficient (Wildman–Crippen LogP) is 8.10. The molecule has 1 heterocycles. The van der Waals surface area contributed by atoms with E-state index in [0.29, 0.717) is 6.54 Å². The number of benzene rings is 2. The van der Waals surface area contributed by atoms with Crippen LogP contribution in [0.1, 0.15) is 69.8 Å². The molecule has 2 aliphatic rings. The Balaban J connectivity index is 1.34. The second-order valence-corrected chi connectivity index (χ2v) is 10.4. The molecule has 0 aliphatic heterocycles. The topological polar surface area (TPSA) is 43.8 Å². The van der Waals surface area contributed by atoms with Crippen molar-refractivity contribution in [1.29, 1.82) is 0 Å². The van der Waals surface area contributed by atoms with Crippen LogP contribution >= 0.6 is 0 Å². The molecule has 5 rings (SSSR count). The average Bonchev–Trinajstić information content (AvgIpc) is 3.47. The molecule has 3 aromatic rings. The molecule has 0 unspecified atom stereocenters. The maximum absolute atomic E-state index is 6.40. The van der Waals surface area contributed by atoms with Crippen LogP contribution in [-0.4, -0.2) is 24.8 Å². The minimum absolute atomic E-state index is 0.265. The molecule has 0 N–H and O–H groups in total. The number of hydrogen-bond acceptors (Lipinski definition) is 5. The van der Waals surface area contributed by atoms with Crippen LogP contribution in [-0.2, 0) is 6.54 Å². The summed E-state index contributed by atoms with van der Waals surface area (Å²) in [6, 6.07) is 18.8. The number of hydrogen-bond donors (Lipinski definition) is 0. The highest BCUT2D eigenvalue weighted by atomic mass is 16.5. The van der Waals surface area contributed by atoms with E-state index in [-0.39, 0.29) is 6.10 Å². The number of methoxy groups -OCH3 is 1. The van der Waals surface area contributed by atoms with E-state index in [2.05, 4.69) is 52.3 Å². The monoisotopic (exact) mass is 500 g/mol. The van der Waals surface area contributed by atoms with Gasteiger partial charge in [-0.3, -0.25) is 4.98 Å². The molecule has 0 spiro atoms. The van der Waals surface area contributed by atoms with Gasteiger partial charge in [-0.15, -0.1) is 0 Å². The molecule has 0 bridgehead atoms. The van der Waals surface area contributed by atoms with Crippen molar-refractivity contribution in [2.75, 3.05) is 18.6 Å². The van der Waals surface area contributed by atoms with E-state index in [1.807, 2.05) is 24.5 Å². The summed E-state index contributed by atoms with van der Waals surface area (Å²) in [5, 5.41) is 0. The van der Waals surface area contributed by atoms with Gasteiger partial charge < -0.3 is 19.1 Å². The van der Waals surface area contributed by atoms with Crippen LogP contribution < -0.4 is 19.1 Å². The maximum atomic E-state index is 6.40. The third kappa shape index (κ3) is 6.97. The number of ether oxygens (including phenoxy) is 3. The van der Waals surface area contributed by atoms with E-state index < -0.39 is 0 Å². The summed E-state index contributed by atoms with van der Waals surface area (Å²) in [5.41, 5.74) is 3.30.